The van der Waals surface area contributed by atoms with E-state index in [0.29, 0.717) is 6.42 Å². The van der Waals surface area contributed by atoms with Crippen LogP contribution in [-0.4, -0.2) is 56.0 Å². The molecule has 0 aromatic rings. The van der Waals surface area contributed by atoms with E-state index in [1.807, 2.05) is 6.92 Å². The molecule has 0 aromatic carbocycles. The van der Waals surface area contributed by atoms with Crippen molar-refractivity contribution in [3.8, 4) is 0 Å². The van der Waals surface area contributed by atoms with E-state index in [1.54, 1.807) is 4.90 Å². The zero-order chi connectivity index (χ0) is 12.2. The molecule has 0 saturated carbocycles. The largest absolute Gasteiger partial charge is 0.342 e. The fourth-order valence-corrected chi connectivity index (χ4v) is 2.90. The number of rotatable bonds is 5. The predicted octanol–water partition coefficient (Wildman–Crippen LogP) is 0.280. The van der Waals surface area contributed by atoms with Gasteiger partial charge in [-0.05, 0) is 19.3 Å². The number of hydrogen-bond donors (Lipinski definition) is 0. The summed E-state index contributed by atoms with van der Waals surface area (Å²) in [5.41, 5.74) is 0. The highest BCUT2D eigenvalue weighted by Crippen LogP contribution is 2.09. The smallest absolute Gasteiger partial charge is 0.237 e. The monoisotopic (exact) mass is 248 g/mol. The first-order chi connectivity index (χ1) is 7.47. The van der Waals surface area contributed by atoms with Gasteiger partial charge in [-0.1, -0.05) is 6.92 Å². The van der Waals surface area contributed by atoms with Gasteiger partial charge >= 0.3 is 0 Å². The Bertz CT molecular complexity index is 334. The van der Waals surface area contributed by atoms with E-state index < -0.39 is 10.0 Å². The Kier molecular flexibility index (Phi) is 4.73. The first-order valence-electron chi connectivity index (χ1n) is 5.69. The molecule has 0 N–H and O–H groups in total. The number of carbonyl (C=O) groups excluding carboxylic acids is 1. The minimum absolute atomic E-state index is 0.0255. The van der Waals surface area contributed by atoms with Crippen LogP contribution >= 0.6 is 0 Å². The van der Waals surface area contributed by atoms with Crippen LogP contribution in [-0.2, 0) is 14.8 Å². The second-order valence-electron chi connectivity index (χ2n) is 4.16. The van der Waals surface area contributed by atoms with Gasteiger partial charge in [-0.3, -0.25) is 4.79 Å². The molecule has 6 heteroatoms. The summed E-state index contributed by atoms with van der Waals surface area (Å²) >= 11 is 0. The van der Waals surface area contributed by atoms with Crippen molar-refractivity contribution in [2.45, 2.75) is 26.2 Å². The first kappa shape index (κ1) is 13.4. The van der Waals surface area contributed by atoms with Crippen molar-refractivity contribution >= 4 is 15.9 Å². The number of sulfonamides is 1. The molecule has 0 bridgehead atoms. The van der Waals surface area contributed by atoms with E-state index in [1.165, 1.54) is 7.05 Å². The van der Waals surface area contributed by atoms with Gasteiger partial charge < -0.3 is 4.90 Å². The third-order valence-electron chi connectivity index (χ3n) is 2.75. The molecule has 5 nitrogen and oxygen atoms in total. The lowest BCUT2D eigenvalue weighted by atomic mass is 10.4. The Hall–Kier alpha value is -0.620. The number of likely N-dealkylation sites (N-methyl/N-ethyl adjacent to an activating group) is 1. The van der Waals surface area contributed by atoms with Crippen LogP contribution in [0.4, 0.5) is 0 Å². The van der Waals surface area contributed by atoms with Crippen LogP contribution in [0.2, 0.25) is 0 Å². The molecule has 1 saturated heterocycles. The molecule has 94 valence electrons. The highest BCUT2D eigenvalue weighted by Gasteiger charge is 2.24. The maximum atomic E-state index is 11.7. The van der Waals surface area contributed by atoms with Gasteiger partial charge in [-0.2, -0.15) is 4.31 Å². The van der Waals surface area contributed by atoms with E-state index in [4.69, 9.17) is 0 Å². The van der Waals surface area contributed by atoms with Crippen molar-refractivity contribution in [2.75, 3.05) is 32.4 Å². The summed E-state index contributed by atoms with van der Waals surface area (Å²) in [5.74, 6) is 0.0243. The highest BCUT2D eigenvalue weighted by atomic mass is 32.2. The molecule has 0 atom stereocenters. The molecule has 1 fully saturated rings. The summed E-state index contributed by atoms with van der Waals surface area (Å²) < 4.78 is 24.4. The molecule has 1 heterocycles. The number of hydrogen-bond acceptors (Lipinski definition) is 3. The lowest BCUT2D eigenvalue weighted by Gasteiger charge is -2.20. The molecule has 1 aliphatic rings. The van der Waals surface area contributed by atoms with Gasteiger partial charge in [0.25, 0.3) is 0 Å². The fourth-order valence-electron chi connectivity index (χ4n) is 1.77. The third kappa shape index (κ3) is 3.45. The summed E-state index contributed by atoms with van der Waals surface area (Å²) in [6.45, 7) is 3.32. The first-order valence-corrected chi connectivity index (χ1v) is 7.30. The molecular formula is C10H20N2O3S. The lowest BCUT2D eigenvalue weighted by Crippen LogP contribution is -2.40. The summed E-state index contributed by atoms with van der Waals surface area (Å²) in [6.07, 6.45) is 2.62. The van der Waals surface area contributed by atoms with Crippen LogP contribution in [0.5, 0.6) is 0 Å². The van der Waals surface area contributed by atoms with Crippen molar-refractivity contribution in [3.05, 3.63) is 0 Å². The summed E-state index contributed by atoms with van der Waals surface area (Å²) in [7, 11) is -1.78. The molecule has 0 unspecified atom stereocenters. The molecule has 0 aromatic heterocycles. The summed E-state index contributed by atoms with van der Waals surface area (Å²) in [5, 5.41) is 0. The molecule has 0 spiro atoms. The number of amides is 1. The molecule has 16 heavy (non-hydrogen) atoms. The van der Waals surface area contributed by atoms with E-state index >= 15 is 0 Å². The lowest BCUT2D eigenvalue weighted by molar-refractivity contribution is -0.130. The zero-order valence-corrected chi connectivity index (χ0v) is 10.8. The van der Waals surface area contributed by atoms with Crippen molar-refractivity contribution in [2.24, 2.45) is 0 Å². The van der Waals surface area contributed by atoms with Gasteiger partial charge in [0.15, 0.2) is 0 Å². The van der Waals surface area contributed by atoms with Gasteiger partial charge in [0.05, 0.1) is 12.3 Å². The highest BCUT2D eigenvalue weighted by molar-refractivity contribution is 7.89. The molecule has 0 radical (unpaired) electrons. The fraction of sp³-hybridized carbons (Fsp3) is 0.900. The molecule has 1 rings (SSSR count). The maximum Gasteiger partial charge on any atom is 0.237 e. The molecule has 0 aliphatic carbocycles. The summed E-state index contributed by atoms with van der Waals surface area (Å²) in [4.78, 5) is 13.5. The van der Waals surface area contributed by atoms with Crippen LogP contribution in [0.25, 0.3) is 0 Å². The van der Waals surface area contributed by atoms with Crippen LogP contribution in [0.3, 0.4) is 0 Å². The Balaban J connectivity index is 2.50. The summed E-state index contributed by atoms with van der Waals surface area (Å²) in [6, 6.07) is 0. The van der Waals surface area contributed by atoms with Crippen molar-refractivity contribution in [1.82, 2.24) is 9.21 Å². The minimum atomic E-state index is -3.25. The van der Waals surface area contributed by atoms with Gasteiger partial charge in [-0.25, -0.2) is 8.42 Å². The molecular weight excluding hydrogens is 228 g/mol. The van der Waals surface area contributed by atoms with E-state index in [-0.39, 0.29) is 18.2 Å². The Morgan fingerprint density at radius 2 is 1.88 bits per heavy atom. The van der Waals surface area contributed by atoms with E-state index in [2.05, 4.69) is 0 Å². The van der Waals surface area contributed by atoms with Gasteiger partial charge in [0, 0.05) is 20.1 Å². The standard InChI is InChI=1S/C10H20N2O3S/c1-3-8-16(14,15)11(2)9-10(13)12-6-4-5-7-12/h3-9H2,1-2H3. The Labute approximate surface area is 97.5 Å². The SMILES string of the molecule is CCCS(=O)(=O)N(C)CC(=O)N1CCCC1. The second-order valence-corrected chi connectivity index (χ2v) is 6.36. The van der Waals surface area contributed by atoms with Gasteiger partial charge in [0.2, 0.25) is 15.9 Å². The number of nitrogens with zero attached hydrogens (tertiary/aromatic N) is 2. The van der Waals surface area contributed by atoms with Crippen LogP contribution < -0.4 is 0 Å². The third-order valence-corrected chi connectivity index (χ3v) is 4.76. The predicted molar refractivity (Wildman–Crippen MR) is 62.5 cm³/mol. The Morgan fingerprint density at radius 1 is 1.31 bits per heavy atom. The number of carbonyl (C=O) groups is 1. The Morgan fingerprint density at radius 3 is 2.38 bits per heavy atom. The average molecular weight is 248 g/mol. The maximum absolute atomic E-state index is 11.7. The topological polar surface area (TPSA) is 57.7 Å². The van der Waals surface area contributed by atoms with Crippen LogP contribution in [0.15, 0.2) is 0 Å². The normalized spacial score (nSPS) is 17.1. The number of likely N-dealkylation sites (tertiary alicyclic amines) is 1. The van der Waals surface area contributed by atoms with Crippen LogP contribution in [0, 0.1) is 0 Å². The quantitative estimate of drug-likeness (QED) is 0.702. The van der Waals surface area contributed by atoms with Crippen molar-refractivity contribution < 1.29 is 13.2 Å². The van der Waals surface area contributed by atoms with Crippen LogP contribution in [0.1, 0.15) is 26.2 Å². The van der Waals surface area contributed by atoms with E-state index in [0.717, 1.165) is 30.2 Å². The second kappa shape index (κ2) is 5.63. The van der Waals surface area contributed by atoms with E-state index in [9.17, 15) is 13.2 Å². The van der Waals surface area contributed by atoms with Gasteiger partial charge in [-0.15, -0.1) is 0 Å². The average Bonchev–Trinajstić information content (AvgIpc) is 2.70. The molecule has 1 aliphatic heterocycles. The van der Waals surface area contributed by atoms with Crippen molar-refractivity contribution in [1.29, 1.82) is 0 Å². The van der Waals surface area contributed by atoms with Gasteiger partial charge in [0.1, 0.15) is 0 Å². The zero-order valence-electron chi connectivity index (χ0n) is 9.98. The minimum Gasteiger partial charge on any atom is -0.342 e. The molecule has 1 amide bonds. The van der Waals surface area contributed by atoms with Crippen molar-refractivity contribution in [3.63, 3.8) is 0 Å².